The molecule has 2 aromatic rings. The van der Waals surface area contributed by atoms with E-state index < -0.39 is 0 Å². The van der Waals surface area contributed by atoms with Gasteiger partial charge in [0.25, 0.3) is 5.91 Å². The SMILES string of the molecule is NC(=O)C1CCN(c2ccc(NC(=O)c3ccc(Cl)nc3)cc2)CC1. The van der Waals surface area contributed by atoms with Crippen molar-refractivity contribution in [1.82, 2.24) is 4.98 Å². The number of aromatic nitrogens is 1. The zero-order valence-corrected chi connectivity index (χ0v) is 14.4. The van der Waals surface area contributed by atoms with E-state index in [1.807, 2.05) is 24.3 Å². The van der Waals surface area contributed by atoms with E-state index >= 15 is 0 Å². The average Bonchev–Trinajstić information content (AvgIpc) is 2.63. The molecule has 0 spiro atoms. The van der Waals surface area contributed by atoms with E-state index in [1.165, 1.54) is 6.20 Å². The molecule has 2 heterocycles. The summed E-state index contributed by atoms with van der Waals surface area (Å²) in [4.78, 5) is 29.5. The number of pyridine rings is 1. The molecule has 0 saturated carbocycles. The average molecular weight is 359 g/mol. The molecule has 25 heavy (non-hydrogen) atoms. The minimum absolute atomic E-state index is 0.0252. The summed E-state index contributed by atoms with van der Waals surface area (Å²) in [5.74, 6) is -0.476. The van der Waals surface area contributed by atoms with Crippen molar-refractivity contribution in [2.75, 3.05) is 23.3 Å². The van der Waals surface area contributed by atoms with E-state index in [1.54, 1.807) is 12.1 Å². The Morgan fingerprint density at radius 3 is 2.36 bits per heavy atom. The number of hydrogen-bond acceptors (Lipinski definition) is 4. The molecule has 0 bridgehead atoms. The summed E-state index contributed by atoms with van der Waals surface area (Å²) in [6.07, 6.45) is 2.99. The lowest BCUT2D eigenvalue weighted by molar-refractivity contribution is -0.122. The van der Waals surface area contributed by atoms with Crippen molar-refractivity contribution < 1.29 is 9.59 Å². The van der Waals surface area contributed by atoms with Gasteiger partial charge < -0.3 is 16.0 Å². The Balaban J connectivity index is 1.60. The van der Waals surface area contributed by atoms with Gasteiger partial charge in [0.2, 0.25) is 5.91 Å². The van der Waals surface area contributed by atoms with Crippen LogP contribution in [0.3, 0.4) is 0 Å². The van der Waals surface area contributed by atoms with Crippen LogP contribution in [-0.4, -0.2) is 29.9 Å². The number of nitrogens with two attached hydrogens (primary N) is 1. The lowest BCUT2D eigenvalue weighted by Gasteiger charge is -2.32. The van der Waals surface area contributed by atoms with Crippen LogP contribution in [0.5, 0.6) is 0 Å². The van der Waals surface area contributed by atoms with Crippen molar-refractivity contribution in [3.05, 3.63) is 53.3 Å². The highest BCUT2D eigenvalue weighted by Crippen LogP contribution is 2.24. The molecule has 0 radical (unpaired) electrons. The van der Waals surface area contributed by atoms with Gasteiger partial charge in [0, 0.05) is 36.6 Å². The van der Waals surface area contributed by atoms with Crippen LogP contribution < -0.4 is 16.0 Å². The number of piperidine rings is 1. The molecule has 0 unspecified atom stereocenters. The van der Waals surface area contributed by atoms with E-state index in [9.17, 15) is 9.59 Å². The van der Waals surface area contributed by atoms with Gasteiger partial charge in [-0.3, -0.25) is 9.59 Å². The zero-order chi connectivity index (χ0) is 17.8. The number of carbonyl (C=O) groups is 2. The summed E-state index contributed by atoms with van der Waals surface area (Å²) >= 11 is 5.72. The van der Waals surface area contributed by atoms with E-state index in [2.05, 4.69) is 15.2 Å². The second kappa shape index (κ2) is 7.53. The molecule has 6 nitrogen and oxygen atoms in total. The summed E-state index contributed by atoms with van der Waals surface area (Å²) in [6, 6.07) is 10.8. The van der Waals surface area contributed by atoms with Gasteiger partial charge in [-0.15, -0.1) is 0 Å². The van der Waals surface area contributed by atoms with Crippen molar-refractivity contribution >= 4 is 34.8 Å². The van der Waals surface area contributed by atoms with Crippen molar-refractivity contribution in [2.45, 2.75) is 12.8 Å². The van der Waals surface area contributed by atoms with Crippen molar-refractivity contribution in [3.63, 3.8) is 0 Å². The maximum atomic E-state index is 12.2. The largest absolute Gasteiger partial charge is 0.371 e. The normalized spacial score (nSPS) is 15.0. The summed E-state index contributed by atoms with van der Waals surface area (Å²) < 4.78 is 0. The van der Waals surface area contributed by atoms with Gasteiger partial charge in [0.15, 0.2) is 0 Å². The molecule has 1 aliphatic rings. The lowest BCUT2D eigenvalue weighted by atomic mass is 9.96. The standard InChI is InChI=1S/C18H19ClN4O2/c19-16-6-1-13(11-21-16)18(25)22-14-2-4-15(5-3-14)23-9-7-12(8-10-23)17(20)24/h1-6,11-12H,7-10H2,(H2,20,24)(H,22,25). The second-order valence-corrected chi connectivity index (χ2v) is 6.42. The van der Waals surface area contributed by atoms with Crippen LogP contribution in [0.15, 0.2) is 42.6 Å². The molecule has 7 heteroatoms. The van der Waals surface area contributed by atoms with Crippen LogP contribution in [0.25, 0.3) is 0 Å². The lowest BCUT2D eigenvalue weighted by Crippen LogP contribution is -2.38. The van der Waals surface area contributed by atoms with E-state index in [4.69, 9.17) is 17.3 Å². The van der Waals surface area contributed by atoms with Crippen molar-refractivity contribution in [1.29, 1.82) is 0 Å². The number of benzene rings is 1. The molecule has 1 aromatic carbocycles. The number of nitrogens with zero attached hydrogens (tertiary/aromatic N) is 2. The first-order valence-corrected chi connectivity index (χ1v) is 8.48. The third kappa shape index (κ3) is 4.28. The molecular formula is C18H19ClN4O2. The van der Waals surface area contributed by atoms with E-state index in [0.717, 1.165) is 31.6 Å². The smallest absolute Gasteiger partial charge is 0.257 e. The fraction of sp³-hybridized carbons (Fsp3) is 0.278. The Labute approximate surface area is 151 Å². The third-order valence-corrected chi connectivity index (χ3v) is 4.60. The molecule has 1 aliphatic heterocycles. The molecule has 3 rings (SSSR count). The molecule has 130 valence electrons. The monoisotopic (exact) mass is 358 g/mol. The van der Waals surface area contributed by atoms with Gasteiger partial charge in [0.05, 0.1) is 5.56 Å². The Morgan fingerprint density at radius 1 is 1.12 bits per heavy atom. The molecule has 1 aromatic heterocycles. The Bertz CT molecular complexity index is 754. The topological polar surface area (TPSA) is 88.3 Å². The fourth-order valence-corrected chi connectivity index (χ4v) is 3.00. The number of amides is 2. The molecule has 0 atom stereocenters. The highest BCUT2D eigenvalue weighted by atomic mass is 35.5. The zero-order valence-electron chi connectivity index (χ0n) is 13.6. The van der Waals surface area contributed by atoms with Gasteiger partial charge in [0.1, 0.15) is 5.15 Å². The summed E-state index contributed by atoms with van der Waals surface area (Å²) in [5.41, 5.74) is 7.58. The number of anilines is 2. The molecule has 1 saturated heterocycles. The Kier molecular flexibility index (Phi) is 5.19. The molecule has 0 aliphatic carbocycles. The Hall–Kier alpha value is -2.60. The first-order chi connectivity index (χ1) is 12.0. The van der Waals surface area contributed by atoms with E-state index in [0.29, 0.717) is 16.4 Å². The van der Waals surface area contributed by atoms with Gasteiger partial charge in [-0.1, -0.05) is 11.6 Å². The molecular weight excluding hydrogens is 340 g/mol. The van der Waals surface area contributed by atoms with Crippen LogP contribution >= 0.6 is 11.6 Å². The maximum absolute atomic E-state index is 12.2. The predicted octanol–water partition coefficient (Wildman–Crippen LogP) is 2.69. The summed E-state index contributed by atoms with van der Waals surface area (Å²) in [6.45, 7) is 1.60. The number of rotatable bonds is 4. The van der Waals surface area contributed by atoms with Crippen LogP contribution in [0.1, 0.15) is 23.2 Å². The highest BCUT2D eigenvalue weighted by molar-refractivity contribution is 6.29. The molecule has 2 amide bonds. The minimum atomic E-state index is -0.237. The second-order valence-electron chi connectivity index (χ2n) is 6.03. The van der Waals surface area contributed by atoms with Crippen LogP contribution in [-0.2, 0) is 4.79 Å². The number of halogens is 1. The number of carbonyl (C=O) groups excluding carboxylic acids is 2. The summed E-state index contributed by atoms with van der Waals surface area (Å²) in [7, 11) is 0. The quantitative estimate of drug-likeness (QED) is 0.822. The maximum Gasteiger partial charge on any atom is 0.257 e. The summed E-state index contributed by atoms with van der Waals surface area (Å²) in [5, 5.41) is 3.18. The van der Waals surface area contributed by atoms with Gasteiger partial charge in [-0.25, -0.2) is 4.98 Å². The number of primary amides is 1. The van der Waals surface area contributed by atoms with Gasteiger partial charge >= 0.3 is 0 Å². The Morgan fingerprint density at radius 2 is 1.80 bits per heavy atom. The third-order valence-electron chi connectivity index (χ3n) is 4.38. The molecule has 1 fully saturated rings. The number of hydrogen-bond donors (Lipinski definition) is 2. The first-order valence-electron chi connectivity index (χ1n) is 8.10. The molecule has 3 N–H and O–H groups in total. The van der Waals surface area contributed by atoms with Crippen LogP contribution in [0.4, 0.5) is 11.4 Å². The first kappa shape index (κ1) is 17.2. The number of nitrogens with one attached hydrogen (secondary N) is 1. The van der Waals surface area contributed by atoms with Crippen molar-refractivity contribution in [2.24, 2.45) is 11.7 Å². The van der Waals surface area contributed by atoms with Crippen molar-refractivity contribution in [3.8, 4) is 0 Å². The highest BCUT2D eigenvalue weighted by Gasteiger charge is 2.23. The fourth-order valence-electron chi connectivity index (χ4n) is 2.89. The van der Waals surface area contributed by atoms with E-state index in [-0.39, 0.29) is 17.7 Å². The minimum Gasteiger partial charge on any atom is -0.371 e. The van der Waals surface area contributed by atoms with Crippen LogP contribution in [0.2, 0.25) is 5.15 Å². The van der Waals surface area contributed by atoms with Gasteiger partial charge in [-0.2, -0.15) is 0 Å². The predicted molar refractivity (Wildman–Crippen MR) is 97.8 cm³/mol. The van der Waals surface area contributed by atoms with Gasteiger partial charge in [-0.05, 0) is 49.2 Å². The van der Waals surface area contributed by atoms with Crippen LogP contribution in [0, 0.1) is 5.92 Å².